The van der Waals surface area contributed by atoms with Gasteiger partial charge in [0.15, 0.2) is 11.6 Å². The largest absolute Gasteiger partial charge is 0.481 e. The number of aliphatic hydroxyl groups is 1. The van der Waals surface area contributed by atoms with E-state index in [0.717, 1.165) is 16.5 Å². The van der Waals surface area contributed by atoms with Crippen molar-refractivity contribution in [2.75, 3.05) is 6.61 Å². The van der Waals surface area contributed by atoms with Gasteiger partial charge in [0.2, 0.25) is 0 Å². The van der Waals surface area contributed by atoms with E-state index in [0.29, 0.717) is 23.2 Å². The van der Waals surface area contributed by atoms with Gasteiger partial charge in [0.1, 0.15) is 23.0 Å². The fourth-order valence-corrected chi connectivity index (χ4v) is 5.44. The lowest BCUT2D eigenvalue weighted by atomic mass is 9.86. The number of nitrogens with one attached hydrogen (secondary N) is 2. The molecule has 0 spiro atoms. The summed E-state index contributed by atoms with van der Waals surface area (Å²) in [5.74, 6) is -1.53. The van der Waals surface area contributed by atoms with Crippen LogP contribution in [0, 0.1) is 18.6 Å². The Hall–Kier alpha value is -4.54. The molecule has 0 amide bonds. The monoisotopic (exact) mass is 559 g/mol. The van der Waals surface area contributed by atoms with Crippen molar-refractivity contribution in [3.8, 4) is 22.9 Å². The number of carbonyl (C=O) groups is 1. The van der Waals surface area contributed by atoms with E-state index < -0.39 is 29.3 Å². The lowest BCUT2D eigenvalue weighted by molar-refractivity contribution is -0.136. The van der Waals surface area contributed by atoms with Gasteiger partial charge in [-0.2, -0.15) is 0 Å². The lowest BCUT2D eigenvalue weighted by Crippen LogP contribution is -2.28. The Bertz CT molecular complexity index is 1760. The summed E-state index contributed by atoms with van der Waals surface area (Å²) in [7, 11) is 0. The molecule has 3 heterocycles. The molecule has 10 heteroatoms. The van der Waals surface area contributed by atoms with Crippen LogP contribution in [0.1, 0.15) is 35.2 Å². The van der Waals surface area contributed by atoms with E-state index >= 15 is 4.39 Å². The van der Waals surface area contributed by atoms with E-state index in [-0.39, 0.29) is 42.3 Å². The number of aliphatic carboxylic acids is 1. The third kappa shape index (κ3) is 4.96. The summed E-state index contributed by atoms with van der Waals surface area (Å²) in [6, 6.07) is 14.6. The molecule has 1 aliphatic rings. The molecule has 1 fully saturated rings. The molecular formula is C31H27F2N3O5. The number of halogens is 2. The molecule has 0 aliphatic carbocycles. The van der Waals surface area contributed by atoms with Crippen molar-refractivity contribution in [2.24, 2.45) is 0 Å². The fourth-order valence-electron chi connectivity index (χ4n) is 5.44. The second-order valence-corrected chi connectivity index (χ2v) is 10.2. The van der Waals surface area contributed by atoms with Gasteiger partial charge in [-0.05, 0) is 48.7 Å². The number of carboxylic acid groups (broad SMARTS) is 1. The fraction of sp³-hybridized carbons (Fsp3) is 0.226. The maximum Gasteiger partial charge on any atom is 0.303 e. The van der Waals surface area contributed by atoms with Crippen molar-refractivity contribution in [1.82, 2.24) is 15.0 Å². The van der Waals surface area contributed by atoms with E-state index in [1.807, 2.05) is 30.3 Å². The number of aliphatic hydroxyl groups excluding tert-OH is 1. The SMILES string of the molecule is Cc1c(Oc2ccc(F)c(-c3ncc([C@]4(c5cccc(CCC(=O)O)c5)C[C@H](O)CO4)[nH]3)c2)c(F)cc2[nH]ccc12. The summed E-state index contributed by atoms with van der Waals surface area (Å²) in [6.07, 6.45) is 3.06. The summed E-state index contributed by atoms with van der Waals surface area (Å²) < 4.78 is 42.0. The summed E-state index contributed by atoms with van der Waals surface area (Å²) in [5, 5.41) is 20.3. The summed E-state index contributed by atoms with van der Waals surface area (Å²) in [5.41, 5.74) is 2.30. The second kappa shape index (κ2) is 10.5. The van der Waals surface area contributed by atoms with Gasteiger partial charge < -0.3 is 29.7 Å². The normalized spacial score (nSPS) is 18.7. The smallest absolute Gasteiger partial charge is 0.303 e. The van der Waals surface area contributed by atoms with Crippen molar-refractivity contribution in [2.45, 2.75) is 37.9 Å². The highest BCUT2D eigenvalue weighted by Crippen LogP contribution is 2.43. The van der Waals surface area contributed by atoms with Gasteiger partial charge in [-0.3, -0.25) is 4.79 Å². The molecule has 8 nitrogen and oxygen atoms in total. The third-order valence-electron chi connectivity index (χ3n) is 7.50. The molecule has 0 unspecified atom stereocenters. The van der Waals surface area contributed by atoms with Gasteiger partial charge in [-0.15, -0.1) is 0 Å². The number of aromatic amines is 2. The summed E-state index contributed by atoms with van der Waals surface area (Å²) >= 11 is 0. The minimum Gasteiger partial charge on any atom is -0.481 e. The Morgan fingerprint density at radius 3 is 2.80 bits per heavy atom. The number of hydrogen-bond acceptors (Lipinski definition) is 5. The van der Waals surface area contributed by atoms with Crippen LogP contribution in [-0.4, -0.2) is 43.8 Å². The number of aromatic nitrogens is 3. The first kappa shape index (κ1) is 26.7. The molecule has 1 saturated heterocycles. The number of carboxylic acids is 1. The van der Waals surface area contributed by atoms with Crippen molar-refractivity contribution in [1.29, 1.82) is 0 Å². The van der Waals surface area contributed by atoms with Crippen LogP contribution in [0.15, 0.2) is 67.0 Å². The highest BCUT2D eigenvalue weighted by Gasteiger charge is 2.44. The van der Waals surface area contributed by atoms with Crippen LogP contribution >= 0.6 is 0 Å². The van der Waals surface area contributed by atoms with Crippen LogP contribution in [0.4, 0.5) is 8.78 Å². The Morgan fingerprint density at radius 2 is 2.02 bits per heavy atom. The van der Waals surface area contributed by atoms with E-state index in [1.165, 1.54) is 30.5 Å². The lowest BCUT2D eigenvalue weighted by Gasteiger charge is -2.28. The zero-order valence-electron chi connectivity index (χ0n) is 22.1. The van der Waals surface area contributed by atoms with Crippen LogP contribution in [0.3, 0.4) is 0 Å². The zero-order valence-corrected chi connectivity index (χ0v) is 22.1. The van der Waals surface area contributed by atoms with Crippen molar-refractivity contribution in [3.05, 3.63) is 101 Å². The quantitative estimate of drug-likeness (QED) is 0.186. The Kier molecular flexibility index (Phi) is 6.80. The van der Waals surface area contributed by atoms with Crippen molar-refractivity contribution < 1.29 is 33.3 Å². The van der Waals surface area contributed by atoms with Crippen LogP contribution in [0.25, 0.3) is 22.3 Å². The van der Waals surface area contributed by atoms with Crippen LogP contribution in [0.5, 0.6) is 11.5 Å². The van der Waals surface area contributed by atoms with Crippen molar-refractivity contribution in [3.63, 3.8) is 0 Å². The molecule has 41 heavy (non-hydrogen) atoms. The molecule has 2 aromatic heterocycles. The number of ether oxygens (including phenoxy) is 2. The Labute approximate surface area is 233 Å². The molecule has 0 radical (unpaired) electrons. The highest BCUT2D eigenvalue weighted by atomic mass is 19.1. The van der Waals surface area contributed by atoms with Gasteiger partial charge in [0.05, 0.1) is 30.2 Å². The zero-order chi connectivity index (χ0) is 28.7. The molecule has 2 atom stereocenters. The predicted molar refractivity (Wildman–Crippen MR) is 147 cm³/mol. The van der Waals surface area contributed by atoms with Gasteiger partial charge in [-0.25, -0.2) is 13.8 Å². The number of benzene rings is 3. The van der Waals surface area contributed by atoms with Crippen molar-refractivity contribution >= 4 is 16.9 Å². The predicted octanol–water partition coefficient (Wildman–Crippen LogP) is 5.98. The van der Waals surface area contributed by atoms with E-state index in [9.17, 15) is 14.3 Å². The number of aryl methyl sites for hydroxylation is 2. The van der Waals surface area contributed by atoms with E-state index in [2.05, 4.69) is 15.0 Å². The molecule has 0 bridgehead atoms. The minimum atomic E-state index is -1.10. The number of imidazole rings is 1. The molecule has 210 valence electrons. The van der Waals surface area contributed by atoms with Crippen LogP contribution in [-0.2, 0) is 21.6 Å². The first-order valence-electron chi connectivity index (χ1n) is 13.2. The molecule has 4 N–H and O–H groups in total. The Morgan fingerprint density at radius 1 is 1.17 bits per heavy atom. The first-order valence-corrected chi connectivity index (χ1v) is 13.2. The molecular weight excluding hydrogens is 532 g/mol. The second-order valence-electron chi connectivity index (χ2n) is 10.2. The molecule has 5 aromatic rings. The van der Waals surface area contributed by atoms with Gasteiger partial charge in [0.25, 0.3) is 0 Å². The number of nitrogens with zero attached hydrogens (tertiary/aromatic N) is 1. The summed E-state index contributed by atoms with van der Waals surface area (Å²) in [6.45, 7) is 1.84. The number of hydrogen-bond donors (Lipinski definition) is 4. The number of rotatable bonds is 8. The minimum absolute atomic E-state index is 0.0195. The molecule has 0 saturated carbocycles. The van der Waals surface area contributed by atoms with E-state index in [1.54, 1.807) is 13.1 Å². The highest BCUT2D eigenvalue weighted by molar-refractivity contribution is 5.85. The van der Waals surface area contributed by atoms with Crippen LogP contribution < -0.4 is 4.74 Å². The molecule has 1 aliphatic heterocycles. The number of H-pyrrole nitrogens is 2. The maximum atomic E-state index is 15.1. The first-order chi connectivity index (χ1) is 19.7. The molecule has 6 rings (SSSR count). The average Bonchev–Trinajstić information content (AvgIpc) is 3.71. The van der Waals surface area contributed by atoms with Gasteiger partial charge >= 0.3 is 5.97 Å². The third-order valence-corrected chi connectivity index (χ3v) is 7.50. The summed E-state index contributed by atoms with van der Waals surface area (Å²) in [4.78, 5) is 21.6. The number of fused-ring (bicyclic) bond motifs is 1. The van der Waals surface area contributed by atoms with E-state index in [4.69, 9.17) is 14.6 Å². The molecule has 3 aromatic carbocycles. The maximum absolute atomic E-state index is 15.1. The average molecular weight is 560 g/mol. The standard InChI is InChI=1S/C31H27F2N3O5/c1-17-22-9-10-34-26(22)13-25(33)29(17)41-21-6-7-24(32)23(12-21)30-35-15-27(36-30)31(14-20(37)16-40-31)19-4-2-3-18(11-19)5-8-28(38)39/h2-4,6-7,9-13,15,20,34,37H,5,8,14,16H2,1H3,(H,35,36)(H,38,39)/t20-,31+/m0/s1. The Balaban J connectivity index is 1.34. The topological polar surface area (TPSA) is 120 Å². The van der Waals surface area contributed by atoms with Gasteiger partial charge in [-0.1, -0.05) is 24.3 Å². The van der Waals surface area contributed by atoms with Gasteiger partial charge in [0, 0.05) is 41.6 Å². The van der Waals surface area contributed by atoms with Crippen LogP contribution in [0.2, 0.25) is 0 Å².